The van der Waals surface area contributed by atoms with Crippen LogP contribution in [0.2, 0.25) is 0 Å². The highest BCUT2D eigenvalue weighted by Crippen LogP contribution is 2.13. The summed E-state index contributed by atoms with van der Waals surface area (Å²) in [4.78, 5) is 4.77. The fraction of sp³-hybridized carbons (Fsp3) is 0.471. The third kappa shape index (κ3) is 4.55. The molecule has 0 unspecified atom stereocenters. The van der Waals surface area contributed by atoms with E-state index in [9.17, 15) is 0 Å². The number of aliphatic imine (C=N–C) groups is 1. The lowest BCUT2D eigenvalue weighted by Gasteiger charge is -2.10. The third-order valence-electron chi connectivity index (χ3n) is 3.25. The second-order valence-corrected chi connectivity index (χ2v) is 5.38. The van der Waals surface area contributed by atoms with Gasteiger partial charge < -0.3 is 5.32 Å². The molecule has 0 aliphatic carbocycles. The standard InChI is InChI=1S/C17H24N2/c1-14(2)19-17(15-9-5-3-6-10-15)13-16-11-7-4-8-12-18-16/h3,5-6,9-10,13-14,18H,4,7-8,11-12H2,1-2H3. The van der Waals surface area contributed by atoms with E-state index in [2.05, 4.69) is 49.5 Å². The molecule has 0 radical (unpaired) electrons. The van der Waals surface area contributed by atoms with E-state index in [1.807, 2.05) is 6.07 Å². The normalized spacial score (nSPS) is 19.3. The lowest BCUT2D eigenvalue weighted by Crippen LogP contribution is -2.14. The number of benzene rings is 1. The van der Waals surface area contributed by atoms with Gasteiger partial charge in [-0.2, -0.15) is 0 Å². The van der Waals surface area contributed by atoms with Gasteiger partial charge in [0.2, 0.25) is 0 Å². The van der Waals surface area contributed by atoms with Crippen LogP contribution in [0.1, 0.15) is 45.1 Å². The molecule has 0 atom stereocenters. The molecule has 1 aromatic rings. The zero-order valence-electron chi connectivity index (χ0n) is 12.0. The van der Waals surface area contributed by atoms with Crippen LogP contribution < -0.4 is 5.32 Å². The fourth-order valence-corrected chi connectivity index (χ4v) is 2.33. The van der Waals surface area contributed by atoms with Crippen molar-refractivity contribution in [1.29, 1.82) is 0 Å². The fourth-order valence-electron chi connectivity index (χ4n) is 2.33. The first-order valence-electron chi connectivity index (χ1n) is 7.33. The van der Waals surface area contributed by atoms with Crippen molar-refractivity contribution in [1.82, 2.24) is 5.32 Å². The van der Waals surface area contributed by atoms with Crippen LogP contribution in [0.3, 0.4) is 0 Å². The van der Waals surface area contributed by atoms with Crippen LogP contribution in [0.25, 0.3) is 0 Å². The summed E-state index contributed by atoms with van der Waals surface area (Å²) in [6, 6.07) is 10.8. The summed E-state index contributed by atoms with van der Waals surface area (Å²) in [5, 5.41) is 3.54. The Morgan fingerprint density at radius 1 is 1.16 bits per heavy atom. The molecule has 19 heavy (non-hydrogen) atoms. The SMILES string of the molecule is CC(C)N=C(C=C1CCCCCN1)c1ccccc1. The third-order valence-corrected chi connectivity index (χ3v) is 3.25. The van der Waals surface area contributed by atoms with Crippen molar-refractivity contribution in [3.63, 3.8) is 0 Å². The molecule has 0 amide bonds. The largest absolute Gasteiger partial charge is 0.388 e. The monoisotopic (exact) mass is 256 g/mol. The van der Waals surface area contributed by atoms with Gasteiger partial charge in [-0.1, -0.05) is 36.8 Å². The maximum absolute atomic E-state index is 4.77. The molecule has 1 N–H and O–H groups in total. The van der Waals surface area contributed by atoms with Gasteiger partial charge in [-0.15, -0.1) is 0 Å². The van der Waals surface area contributed by atoms with E-state index in [0.29, 0.717) is 6.04 Å². The van der Waals surface area contributed by atoms with Crippen molar-refractivity contribution in [3.8, 4) is 0 Å². The first-order chi connectivity index (χ1) is 9.25. The first kappa shape index (κ1) is 13.9. The van der Waals surface area contributed by atoms with Gasteiger partial charge in [-0.3, -0.25) is 4.99 Å². The van der Waals surface area contributed by atoms with Crippen LogP contribution in [-0.4, -0.2) is 18.3 Å². The molecule has 1 saturated heterocycles. The molecule has 1 heterocycles. The molecule has 0 aromatic heterocycles. The van der Waals surface area contributed by atoms with Crippen molar-refractivity contribution >= 4 is 5.71 Å². The van der Waals surface area contributed by atoms with Crippen molar-refractivity contribution in [2.45, 2.75) is 45.6 Å². The van der Waals surface area contributed by atoms with Crippen molar-refractivity contribution < 1.29 is 0 Å². The van der Waals surface area contributed by atoms with Gasteiger partial charge in [0.15, 0.2) is 0 Å². The Balaban J connectivity index is 2.26. The Morgan fingerprint density at radius 2 is 1.95 bits per heavy atom. The molecule has 1 fully saturated rings. The van der Waals surface area contributed by atoms with Gasteiger partial charge in [0.05, 0.1) is 5.71 Å². The highest BCUT2D eigenvalue weighted by atomic mass is 14.9. The quantitative estimate of drug-likeness (QED) is 0.814. The second kappa shape index (κ2) is 7.13. The Morgan fingerprint density at radius 3 is 2.68 bits per heavy atom. The van der Waals surface area contributed by atoms with Crippen molar-refractivity contribution in [2.75, 3.05) is 6.54 Å². The lowest BCUT2D eigenvalue weighted by atomic mass is 10.1. The molecule has 2 rings (SSSR count). The van der Waals surface area contributed by atoms with Crippen LogP contribution in [0, 0.1) is 0 Å². The van der Waals surface area contributed by atoms with E-state index >= 15 is 0 Å². The van der Waals surface area contributed by atoms with E-state index in [4.69, 9.17) is 4.99 Å². The van der Waals surface area contributed by atoms with Gasteiger partial charge in [0, 0.05) is 18.3 Å². The minimum Gasteiger partial charge on any atom is -0.388 e. The smallest absolute Gasteiger partial charge is 0.0666 e. The molecule has 2 nitrogen and oxygen atoms in total. The summed E-state index contributed by atoms with van der Waals surface area (Å²) in [5.41, 5.74) is 3.63. The number of nitrogens with zero attached hydrogens (tertiary/aromatic N) is 1. The molecular weight excluding hydrogens is 232 g/mol. The Bertz CT molecular complexity index is 434. The predicted octanol–water partition coefficient (Wildman–Crippen LogP) is 3.93. The van der Waals surface area contributed by atoms with Gasteiger partial charge in [-0.25, -0.2) is 0 Å². The van der Waals surface area contributed by atoms with Gasteiger partial charge >= 0.3 is 0 Å². The zero-order chi connectivity index (χ0) is 13.5. The molecule has 1 aliphatic heterocycles. The number of rotatable bonds is 3. The predicted molar refractivity (Wildman–Crippen MR) is 82.7 cm³/mol. The summed E-state index contributed by atoms with van der Waals surface area (Å²) in [6.07, 6.45) is 7.26. The molecule has 0 bridgehead atoms. The molecule has 2 heteroatoms. The molecule has 1 aromatic carbocycles. The summed E-state index contributed by atoms with van der Waals surface area (Å²) in [6.45, 7) is 5.35. The van der Waals surface area contributed by atoms with Crippen molar-refractivity contribution in [2.24, 2.45) is 4.99 Å². The van der Waals surface area contributed by atoms with Crippen LogP contribution in [0.4, 0.5) is 0 Å². The maximum atomic E-state index is 4.77. The van der Waals surface area contributed by atoms with Crippen molar-refractivity contribution in [3.05, 3.63) is 47.7 Å². The topological polar surface area (TPSA) is 24.4 Å². The Kier molecular flexibility index (Phi) is 5.20. The average molecular weight is 256 g/mol. The summed E-state index contributed by atoms with van der Waals surface area (Å²) in [7, 11) is 0. The number of nitrogens with one attached hydrogen (secondary N) is 1. The molecule has 0 spiro atoms. The van der Waals surface area contributed by atoms with Gasteiger partial charge in [-0.05, 0) is 44.7 Å². The Hall–Kier alpha value is -1.57. The summed E-state index contributed by atoms with van der Waals surface area (Å²) in [5.74, 6) is 0. The lowest BCUT2D eigenvalue weighted by molar-refractivity contribution is 0.721. The summed E-state index contributed by atoms with van der Waals surface area (Å²) < 4.78 is 0. The average Bonchev–Trinajstić information content (AvgIpc) is 2.67. The maximum Gasteiger partial charge on any atom is 0.0666 e. The minimum atomic E-state index is 0.317. The number of allylic oxidation sites excluding steroid dienone is 2. The van der Waals surface area contributed by atoms with Crippen LogP contribution in [0.5, 0.6) is 0 Å². The molecule has 102 valence electrons. The second-order valence-electron chi connectivity index (χ2n) is 5.38. The number of hydrogen-bond acceptors (Lipinski definition) is 2. The van der Waals surface area contributed by atoms with Crippen LogP contribution >= 0.6 is 0 Å². The Labute approximate surface area is 116 Å². The molecular formula is C17H24N2. The van der Waals surface area contributed by atoms with E-state index in [1.165, 1.54) is 30.5 Å². The zero-order valence-corrected chi connectivity index (χ0v) is 12.0. The number of hydrogen-bond donors (Lipinski definition) is 1. The van der Waals surface area contributed by atoms with E-state index < -0.39 is 0 Å². The highest BCUT2D eigenvalue weighted by Gasteiger charge is 2.07. The first-order valence-corrected chi connectivity index (χ1v) is 7.33. The van der Waals surface area contributed by atoms with Gasteiger partial charge in [0.1, 0.15) is 0 Å². The molecule has 1 aliphatic rings. The van der Waals surface area contributed by atoms with Crippen LogP contribution in [-0.2, 0) is 0 Å². The van der Waals surface area contributed by atoms with E-state index in [1.54, 1.807) is 0 Å². The van der Waals surface area contributed by atoms with Crippen LogP contribution in [0.15, 0.2) is 47.1 Å². The summed E-state index contributed by atoms with van der Waals surface area (Å²) >= 11 is 0. The van der Waals surface area contributed by atoms with Gasteiger partial charge in [0.25, 0.3) is 0 Å². The highest BCUT2D eigenvalue weighted by molar-refractivity contribution is 6.09. The molecule has 0 saturated carbocycles. The minimum absolute atomic E-state index is 0.317. The van der Waals surface area contributed by atoms with E-state index in [-0.39, 0.29) is 0 Å². The van der Waals surface area contributed by atoms with E-state index in [0.717, 1.165) is 18.7 Å².